The van der Waals surface area contributed by atoms with E-state index in [9.17, 15) is 9.59 Å². The molecule has 0 aromatic heterocycles. The number of cyclic esters (lactones) is 2. The first kappa shape index (κ1) is 12.5. The van der Waals surface area contributed by atoms with Crippen molar-refractivity contribution in [3.8, 4) is 0 Å². The first-order chi connectivity index (χ1) is 7.58. The Balaban J connectivity index is 3.08. The van der Waals surface area contributed by atoms with Crippen LogP contribution in [0.15, 0.2) is 23.5 Å². The minimum absolute atomic E-state index is 0.321. The van der Waals surface area contributed by atoms with E-state index < -0.39 is 11.9 Å². The summed E-state index contributed by atoms with van der Waals surface area (Å²) in [6.07, 6.45) is 3.12. The Hall–Kier alpha value is -1.58. The van der Waals surface area contributed by atoms with Crippen molar-refractivity contribution in [2.24, 2.45) is 0 Å². The average molecular weight is 224 g/mol. The van der Waals surface area contributed by atoms with Gasteiger partial charge in [-0.2, -0.15) is 0 Å². The lowest BCUT2D eigenvalue weighted by Crippen LogP contribution is -2.18. The highest BCUT2D eigenvalue weighted by Gasteiger charge is 2.20. The van der Waals surface area contributed by atoms with E-state index in [1.165, 1.54) is 0 Å². The van der Waals surface area contributed by atoms with Crippen LogP contribution in [-0.4, -0.2) is 18.0 Å². The Labute approximate surface area is 94.9 Å². The molecule has 0 radical (unpaired) electrons. The van der Waals surface area contributed by atoms with E-state index in [1.54, 1.807) is 0 Å². The van der Waals surface area contributed by atoms with Crippen molar-refractivity contribution in [1.82, 2.24) is 0 Å². The first-order valence-corrected chi connectivity index (χ1v) is 5.38. The van der Waals surface area contributed by atoms with E-state index in [0.29, 0.717) is 18.6 Å². The van der Waals surface area contributed by atoms with Crippen LogP contribution in [0.1, 0.15) is 33.6 Å². The van der Waals surface area contributed by atoms with Crippen LogP contribution in [0.25, 0.3) is 0 Å². The Morgan fingerprint density at radius 3 is 2.38 bits per heavy atom. The van der Waals surface area contributed by atoms with Crippen LogP contribution in [0.3, 0.4) is 0 Å². The molecule has 88 valence electrons. The summed E-state index contributed by atoms with van der Waals surface area (Å²) in [5.74, 6) is -0.471. The molecule has 0 aliphatic carbocycles. The molecule has 0 aromatic carbocycles. The van der Waals surface area contributed by atoms with E-state index in [4.69, 9.17) is 9.47 Å². The van der Waals surface area contributed by atoms with Gasteiger partial charge in [0.15, 0.2) is 0 Å². The van der Waals surface area contributed by atoms with E-state index in [-0.39, 0.29) is 6.10 Å². The topological polar surface area (TPSA) is 52.6 Å². The summed E-state index contributed by atoms with van der Waals surface area (Å²) in [4.78, 5) is 22.6. The monoisotopic (exact) mass is 224 g/mol. The summed E-state index contributed by atoms with van der Waals surface area (Å²) >= 11 is 0. The van der Waals surface area contributed by atoms with Gasteiger partial charge >= 0.3 is 11.9 Å². The van der Waals surface area contributed by atoms with Crippen molar-refractivity contribution < 1.29 is 19.1 Å². The highest BCUT2D eigenvalue weighted by Crippen LogP contribution is 2.20. The molecule has 0 saturated heterocycles. The molecule has 1 aliphatic rings. The van der Waals surface area contributed by atoms with Gasteiger partial charge in [0.25, 0.3) is 0 Å². The highest BCUT2D eigenvalue weighted by atomic mass is 16.6. The van der Waals surface area contributed by atoms with Crippen molar-refractivity contribution in [2.75, 3.05) is 0 Å². The maximum absolute atomic E-state index is 11.3. The molecule has 16 heavy (non-hydrogen) atoms. The molecule has 1 atom stereocenters. The van der Waals surface area contributed by atoms with Gasteiger partial charge in [0.1, 0.15) is 11.9 Å². The SMILES string of the molecule is CC/C1=C(\C)C(CC)OC(=O)/C=C\C(=O)O1. The molecule has 0 saturated carbocycles. The Kier molecular flexibility index (Phi) is 4.28. The standard InChI is InChI=1S/C12H16O4/c1-4-9-8(3)10(5-2)16-12(14)7-6-11(13)15-9/h6-7,9H,4-5H2,1-3H3/b7-6-,10-8-. The van der Waals surface area contributed by atoms with Gasteiger partial charge < -0.3 is 9.47 Å². The number of hydrogen-bond acceptors (Lipinski definition) is 4. The zero-order valence-electron chi connectivity index (χ0n) is 9.78. The molecule has 1 rings (SSSR count). The van der Waals surface area contributed by atoms with Crippen LogP contribution in [0, 0.1) is 0 Å². The highest BCUT2D eigenvalue weighted by molar-refractivity contribution is 5.92. The molecule has 0 bridgehead atoms. The van der Waals surface area contributed by atoms with Gasteiger partial charge in [-0.1, -0.05) is 13.8 Å². The van der Waals surface area contributed by atoms with Gasteiger partial charge in [-0.25, -0.2) is 9.59 Å². The maximum Gasteiger partial charge on any atom is 0.336 e. The van der Waals surface area contributed by atoms with E-state index in [0.717, 1.165) is 17.7 Å². The second kappa shape index (κ2) is 5.49. The zero-order chi connectivity index (χ0) is 12.1. The summed E-state index contributed by atoms with van der Waals surface area (Å²) in [6.45, 7) is 5.62. The average Bonchev–Trinajstić information content (AvgIpc) is 2.33. The van der Waals surface area contributed by atoms with Gasteiger partial charge in [-0.15, -0.1) is 0 Å². The van der Waals surface area contributed by atoms with Crippen molar-refractivity contribution in [1.29, 1.82) is 0 Å². The number of allylic oxidation sites excluding steroid dienone is 1. The quantitative estimate of drug-likeness (QED) is 0.674. The fourth-order valence-electron chi connectivity index (χ4n) is 1.56. The third kappa shape index (κ3) is 2.95. The number of carbonyl (C=O) groups is 2. The molecule has 0 N–H and O–H groups in total. The van der Waals surface area contributed by atoms with Crippen LogP contribution in [0.5, 0.6) is 0 Å². The van der Waals surface area contributed by atoms with Crippen molar-refractivity contribution >= 4 is 11.9 Å². The largest absolute Gasteiger partial charge is 0.455 e. The van der Waals surface area contributed by atoms with Gasteiger partial charge in [0.2, 0.25) is 0 Å². The summed E-state index contributed by atoms with van der Waals surface area (Å²) in [5.41, 5.74) is 0.801. The van der Waals surface area contributed by atoms with E-state index in [2.05, 4.69) is 0 Å². The fraction of sp³-hybridized carbons (Fsp3) is 0.500. The third-order valence-corrected chi connectivity index (χ3v) is 2.45. The second-order valence-corrected chi connectivity index (χ2v) is 3.55. The van der Waals surface area contributed by atoms with Crippen LogP contribution >= 0.6 is 0 Å². The minimum Gasteiger partial charge on any atom is -0.455 e. The lowest BCUT2D eigenvalue weighted by molar-refractivity contribution is -0.141. The van der Waals surface area contributed by atoms with Gasteiger partial charge in [0, 0.05) is 24.1 Å². The lowest BCUT2D eigenvalue weighted by atomic mass is 10.1. The smallest absolute Gasteiger partial charge is 0.336 e. The molecule has 4 heteroatoms. The second-order valence-electron chi connectivity index (χ2n) is 3.55. The van der Waals surface area contributed by atoms with Gasteiger partial charge in [-0.05, 0) is 13.3 Å². The van der Waals surface area contributed by atoms with Crippen LogP contribution in [-0.2, 0) is 19.1 Å². The van der Waals surface area contributed by atoms with Gasteiger partial charge in [0.05, 0.1) is 0 Å². The molecule has 1 heterocycles. The Bertz CT molecular complexity index is 352. The van der Waals surface area contributed by atoms with Crippen LogP contribution in [0.2, 0.25) is 0 Å². The Morgan fingerprint density at radius 2 is 1.81 bits per heavy atom. The molecule has 0 spiro atoms. The number of ether oxygens (including phenoxy) is 2. The number of carbonyl (C=O) groups excluding carboxylic acids is 2. The van der Waals surface area contributed by atoms with Crippen LogP contribution < -0.4 is 0 Å². The summed E-state index contributed by atoms with van der Waals surface area (Å²) in [5, 5.41) is 0. The minimum atomic E-state index is -0.537. The number of esters is 2. The predicted octanol–water partition coefficient (Wildman–Crippen LogP) is 2.11. The third-order valence-electron chi connectivity index (χ3n) is 2.45. The molecule has 1 aliphatic heterocycles. The normalized spacial score (nSPS) is 28.6. The molecule has 0 fully saturated rings. The molecule has 4 nitrogen and oxygen atoms in total. The summed E-state index contributed by atoms with van der Waals surface area (Å²) in [7, 11) is 0. The van der Waals surface area contributed by atoms with Crippen molar-refractivity contribution in [3.05, 3.63) is 23.5 Å². The summed E-state index contributed by atoms with van der Waals surface area (Å²) in [6, 6.07) is 0. The number of hydrogen-bond donors (Lipinski definition) is 0. The lowest BCUT2D eigenvalue weighted by Gasteiger charge is -2.18. The number of rotatable bonds is 2. The van der Waals surface area contributed by atoms with E-state index >= 15 is 0 Å². The molecule has 1 unspecified atom stereocenters. The molecular weight excluding hydrogens is 208 g/mol. The Morgan fingerprint density at radius 1 is 1.19 bits per heavy atom. The van der Waals surface area contributed by atoms with Crippen LogP contribution in [0.4, 0.5) is 0 Å². The molecule has 0 amide bonds. The van der Waals surface area contributed by atoms with Crippen molar-refractivity contribution in [3.63, 3.8) is 0 Å². The van der Waals surface area contributed by atoms with Crippen molar-refractivity contribution in [2.45, 2.75) is 39.7 Å². The summed E-state index contributed by atoms with van der Waals surface area (Å²) < 4.78 is 10.3. The molecular formula is C12H16O4. The maximum atomic E-state index is 11.3. The fourth-order valence-corrected chi connectivity index (χ4v) is 1.56. The molecule has 0 aromatic rings. The van der Waals surface area contributed by atoms with E-state index in [1.807, 2.05) is 20.8 Å². The zero-order valence-corrected chi connectivity index (χ0v) is 9.78. The predicted molar refractivity (Wildman–Crippen MR) is 58.4 cm³/mol. The van der Waals surface area contributed by atoms with Gasteiger partial charge in [-0.3, -0.25) is 0 Å². The first-order valence-electron chi connectivity index (χ1n) is 5.38.